The first-order chi connectivity index (χ1) is 8.96. The number of hydrogen-bond donors (Lipinski definition) is 1. The predicted octanol–water partition coefficient (Wildman–Crippen LogP) is 3.76. The quantitative estimate of drug-likeness (QED) is 0.851. The van der Waals surface area contributed by atoms with Crippen molar-refractivity contribution in [1.82, 2.24) is 0 Å². The van der Waals surface area contributed by atoms with E-state index >= 15 is 0 Å². The van der Waals surface area contributed by atoms with Crippen molar-refractivity contribution in [2.75, 3.05) is 5.32 Å². The summed E-state index contributed by atoms with van der Waals surface area (Å²) in [6.07, 6.45) is -0.642. The summed E-state index contributed by atoms with van der Waals surface area (Å²) in [4.78, 5) is 11.6. The molecule has 0 fully saturated rings. The van der Waals surface area contributed by atoms with E-state index in [9.17, 15) is 13.2 Å². The topological polar surface area (TPSA) is 72.5 Å². The molecule has 20 heavy (non-hydrogen) atoms. The van der Waals surface area contributed by atoms with E-state index in [1.165, 1.54) is 18.2 Å². The molecule has 0 saturated heterocycles. The zero-order valence-electron chi connectivity index (χ0n) is 11.2. The van der Waals surface area contributed by atoms with E-state index in [0.29, 0.717) is 11.3 Å². The molecule has 1 aromatic rings. The number of ether oxygens (including phenoxy) is 1. The number of benzene rings is 1. The van der Waals surface area contributed by atoms with E-state index in [4.69, 9.17) is 27.0 Å². The predicted molar refractivity (Wildman–Crippen MR) is 79.8 cm³/mol. The molecule has 5 nitrogen and oxygen atoms in total. The Hall–Kier alpha value is -0.980. The number of anilines is 1. The Morgan fingerprint density at radius 3 is 2.40 bits per heavy atom. The van der Waals surface area contributed by atoms with Crippen LogP contribution in [0.4, 0.5) is 10.5 Å². The fourth-order valence-electron chi connectivity index (χ4n) is 1.36. The monoisotopic (exact) mass is 339 g/mol. The van der Waals surface area contributed by atoms with Crippen molar-refractivity contribution in [2.45, 2.75) is 32.1 Å². The number of halogens is 2. The lowest BCUT2D eigenvalue weighted by atomic mass is 10.2. The zero-order valence-corrected chi connectivity index (χ0v) is 13.6. The average molecular weight is 340 g/mol. The van der Waals surface area contributed by atoms with Crippen LogP contribution >= 0.6 is 22.3 Å². The number of amides is 1. The Morgan fingerprint density at radius 2 is 1.95 bits per heavy atom. The summed E-state index contributed by atoms with van der Waals surface area (Å²) in [6, 6.07) is 4.43. The highest BCUT2D eigenvalue weighted by Gasteiger charge is 2.17. The molecule has 0 unspecified atom stereocenters. The summed E-state index contributed by atoms with van der Waals surface area (Å²) in [7, 11) is 1.50. The van der Waals surface area contributed by atoms with Crippen LogP contribution in [0.5, 0.6) is 0 Å². The van der Waals surface area contributed by atoms with Crippen molar-refractivity contribution in [3.05, 3.63) is 28.8 Å². The summed E-state index contributed by atoms with van der Waals surface area (Å²) in [5, 5.41) is 2.68. The summed E-state index contributed by atoms with van der Waals surface area (Å²) in [6.45, 7) is 5.22. The van der Waals surface area contributed by atoms with Gasteiger partial charge in [-0.25, -0.2) is 13.2 Å². The second-order valence-electron chi connectivity index (χ2n) is 5.12. The molecule has 1 aromatic carbocycles. The highest BCUT2D eigenvalue weighted by Crippen LogP contribution is 2.25. The van der Waals surface area contributed by atoms with Crippen LogP contribution in [0.25, 0.3) is 0 Å². The molecule has 8 heteroatoms. The van der Waals surface area contributed by atoms with Gasteiger partial charge < -0.3 is 4.74 Å². The second-order valence-corrected chi connectivity index (χ2v) is 8.31. The molecule has 0 heterocycles. The molecule has 0 radical (unpaired) electrons. The molecule has 0 bridgehead atoms. The smallest absolute Gasteiger partial charge is 0.412 e. The molecule has 0 aliphatic heterocycles. The van der Waals surface area contributed by atoms with E-state index < -0.39 is 20.7 Å². The molecule has 0 atom stereocenters. The van der Waals surface area contributed by atoms with Gasteiger partial charge in [0.15, 0.2) is 0 Å². The van der Waals surface area contributed by atoms with Crippen LogP contribution < -0.4 is 5.32 Å². The van der Waals surface area contributed by atoms with Crippen molar-refractivity contribution in [3.8, 4) is 0 Å². The molecule has 0 saturated carbocycles. The number of nitrogens with one attached hydrogen (secondary N) is 1. The first-order valence-corrected chi connectivity index (χ1v) is 8.53. The molecular formula is C12H15Cl2NO4S. The van der Waals surface area contributed by atoms with Crippen LogP contribution in [0, 0.1) is 0 Å². The van der Waals surface area contributed by atoms with Gasteiger partial charge in [0.1, 0.15) is 5.60 Å². The third-order valence-corrected chi connectivity index (χ3v) is 3.33. The fraction of sp³-hybridized carbons (Fsp3) is 0.417. The summed E-state index contributed by atoms with van der Waals surface area (Å²) in [5.74, 6) is -0.332. The molecule has 0 aliphatic rings. The Morgan fingerprint density at radius 1 is 1.35 bits per heavy atom. The Labute approximate surface area is 127 Å². The van der Waals surface area contributed by atoms with Gasteiger partial charge in [0.25, 0.3) is 0 Å². The first-order valence-electron chi connectivity index (χ1n) is 5.67. The second kappa shape index (κ2) is 6.20. The van der Waals surface area contributed by atoms with Gasteiger partial charge in [-0.15, -0.1) is 0 Å². The van der Waals surface area contributed by atoms with E-state index in [-0.39, 0.29) is 10.8 Å². The summed E-state index contributed by atoms with van der Waals surface area (Å²) >= 11 is 5.97. The largest absolute Gasteiger partial charge is 0.444 e. The molecule has 0 spiro atoms. The lowest BCUT2D eigenvalue weighted by Gasteiger charge is -2.20. The minimum Gasteiger partial charge on any atom is -0.444 e. The molecule has 0 aromatic heterocycles. The molecular weight excluding hydrogens is 325 g/mol. The van der Waals surface area contributed by atoms with Gasteiger partial charge in [0.2, 0.25) is 9.05 Å². The van der Waals surface area contributed by atoms with Gasteiger partial charge in [0.05, 0.1) is 16.5 Å². The summed E-state index contributed by atoms with van der Waals surface area (Å²) in [5.41, 5.74) is 0.139. The molecule has 0 aliphatic carbocycles. The molecule has 1 amide bonds. The maximum absolute atomic E-state index is 11.6. The number of carbonyl (C=O) groups is 1. The number of carbonyl (C=O) groups excluding carboxylic acids is 1. The Balaban J connectivity index is 2.81. The number of hydrogen-bond acceptors (Lipinski definition) is 4. The van der Waals surface area contributed by atoms with Crippen molar-refractivity contribution >= 4 is 43.1 Å². The van der Waals surface area contributed by atoms with Gasteiger partial charge in [-0.2, -0.15) is 0 Å². The fourth-order valence-corrected chi connectivity index (χ4v) is 2.57. The van der Waals surface area contributed by atoms with Crippen molar-refractivity contribution in [1.29, 1.82) is 0 Å². The van der Waals surface area contributed by atoms with Crippen molar-refractivity contribution < 1.29 is 17.9 Å². The van der Waals surface area contributed by atoms with Crippen molar-refractivity contribution in [2.24, 2.45) is 0 Å². The van der Waals surface area contributed by atoms with Gasteiger partial charge in [-0.05, 0) is 38.5 Å². The van der Waals surface area contributed by atoms with Crippen LogP contribution in [0.3, 0.4) is 0 Å². The highest BCUT2D eigenvalue weighted by atomic mass is 35.7. The third-order valence-electron chi connectivity index (χ3n) is 2.01. The Bertz CT molecular complexity index is 608. The third kappa shape index (κ3) is 6.45. The van der Waals surface area contributed by atoms with Crippen LogP contribution in [-0.4, -0.2) is 20.1 Å². The standard InChI is InChI=1S/C12H15Cl2NO4S/c1-12(2,3)19-11(16)15-10-5-4-8(6-9(10)13)7-20(14,17)18/h4-6H,7H2,1-3H3,(H,15,16). The van der Waals surface area contributed by atoms with Crippen LogP contribution in [0.1, 0.15) is 26.3 Å². The van der Waals surface area contributed by atoms with Gasteiger partial charge in [0, 0.05) is 10.7 Å². The van der Waals surface area contributed by atoms with Gasteiger partial charge in [-0.1, -0.05) is 17.7 Å². The average Bonchev–Trinajstić information content (AvgIpc) is 2.17. The SMILES string of the molecule is CC(C)(C)OC(=O)Nc1ccc(CS(=O)(=O)Cl)cc1Cl. The van der Waals surface area contributed by atoms with Crippen LogP contribution in [0.2, 0.25) is 5.02 Å². The molecule has 1 N–H and O–H groups in total. The van der Waals surface area contributed by atoms with E-state index in [0.717, 1.165) is 0 Å². The minimum atomic E-state index is -3.65. The van der Waals surface area contributed by atoms with Crippen molar-refractivity contribution in [3.63, 3.8) is 0 Å². The van der Waals surface area contributed by atoms with Gasteiger partial charge in [-0.3, -0.25) is 5.32 Å². The van der Waals surface area contributed by atoms with Crippen LogP contribution in [-0.2, 0) is 19.5 Å². The normalized spacial score (nSPS) is 12.1. The summed E-state index contributed by atoms with van der Waals surface area (Å²) < 4.78 is 27.0. The lowest BCUT2D eigenvalue weighted by molar-refractivity contribution is 0.0636. The molecule has 1 rings (SSSR count). The lowest BCUT2D eigenvalue weighted by Crippen LogP contribution is -2.27. The first kappa shape index (κ1) is 17.1. The molecule has 112 valence electrons. The Kier molecular flexibility index (Phi) is 5.29. The maximum atomic E-state index is 11.6. The maximum Gasteiger partial charge on any atom is 0.412 e. The van der Waals surface area contributed by atoms with Gasteiger partial charge >= 0.3 is 6.09 Å². The van der Waals surface area contributed by atoms with E-state index in [2.05, 4.69) is 5.32 Å². The highest BCUT2D eigenvalue weighted by molar-refractivity contribution is 8.13. The van der Waals surface area contributed by atoms with E-state index in [1.54, 1.807) is 20.8 Å². The van der Waals surface area contributed by atoms with E-state index in [1.807, 2.05) is 0 Å². The number of rotatable bonds is 3. The minimum absolute atomic E-state index is 0.202. The zero-order chi connectivity index (χ0) is 15.6. The van der Waals surface area contributed by atoms with Crippen LogP contribution in [0.15, 0.2) is 18.2 Å².